The molecule has 0 heterocycles. The molecule has 3 unspecified atom stereocenters. The van der Waals surface area contributed by atoms with E-state index in [-0.39, 0.29) is 50.6 Å². The van der Waals surface area contributed by atoms with Gasteiger partial charge < -0.3 is 34.8 Å². The van der Waals surface area contributed by atoms with Crippen LogP contribution in [0.25, 0.3) is 0 Å². The molecule has 0 saturated carbocycles. The summed E-state index contributed by atoms with van der Waals surface area (Å²) >= 11 is 0. The Morgan fingerprint density at radius 3 is 0.743 bits per heavy atom. The maximum atomic E-state index is 10.4. The van der Waals surface area contributed by atoms with Crippen molar-refractivity contribution < 1.29 is 75.7 Å². The van der Waals surface area contributed by atoms with E-state index in [1.807, 2.05) is 0 Å². The maximum Gasteiger partial charge on any atom is 4.00 e. The number of ketones is 4. The van der Waals surface area contributed by atoms with E-state index in [1.165, 1.54) is 34.6 Å². The van der Waals surface area contributed by atoms with Crippen molar-refractivity contribution in [1.29, 1.82) is 0 Å². The molecule has 35 heavy (non-hydrogen) atoms. The van der Waals surface area contributed by atoms with Crippen LogP contribution >= 0.6 is 0 Å². The van der Waals surface area contributed by atoms with Gasteiger partial charge in [-0.2, -0.15) is 0 Å². The summed E-state index contributed by atoms with van der Waals surface area (Å²) in [5, 5.41) is 40.1. The number of aliphatic carboxylic acids is 3. The Morgan fingerprint density at radius 2 is 0.743 bits per heavy atom. The first-order valence-corrected chi connectivity index (χ1v) is 10.4. The van der Waals surface area contributed by atoms with E-state index < -0.39 is 35.7 Å². The molecule has 3 atom stereocenters. The molecule has 0 aromatic carbocycles. The van der Waals surface area contributed by atoms with Gasteiger partial charge in [0.25, 0.3) is 0 Å². The average molecular weight is 534 g/mol. The molecule has 0 aliphatic rings. The van der Waals surface area contributed by atoms with Gasteiger partial charge >= 0.3 is 21.7 Å². The van der Waals surface area contributed by atoms with Crippen molar-refractivity contribution in [3.05, 3.63) is 11.8 Å². The van der Waals surface area contributed by atoms with E-state index in [0.29, 0.717) is 19.3 Å². The van der Waals surface area contributed by atoms with Crippen LogP contribution in [0.5, 0.6) is 0 Å². The molecule has 0 fully saturated rings. The van der Waals surface area contributed by atoms with Crippen molar-refractivity contribution in [3.8, 4) is 0 Å². The number of Topliss-reactive ketones (excluding diaryl/α,β-unsaturated/α-hetero) is 3. The van der Waals surface area contributed by atoms with Crippen LogP contribution in [0.4, 0.5) is 0 Å². The van der Waals surface area contributed by atoms with Crippen molar-refractivity contribution in [2.75, 3.05) is 0 Å². The first kappa shape index (κ1) is 42.5. The second-order valence-electron chi connectivity index (χ2n) is 7.04. The largest absolute Gasteiger partial charge is 4.00 e. The number of carboxylic acids is 3. The molecule has 0 aromatic heterocycles. The Balaban J connectivity index is -0.000000114. The Hall–Kier alpha value is -2.66. The van der Waals surface area contributed by atoms with Gasteiger partial charge in [-0.1, -0.05) is 27.7 Å². The fourth-order valence-electron chi connectivity index (χ4n) is 2.15. The minimum Gasteiger partial charge on any atom is -0.876 e. The monoisotopic (exact) mass is 534 g/mol. The molecular weight excluding hydrogens is 500 g/mol. The second kappa shape index (κ2) is 24.5. The van der Waals surface area contributed by atoms with Crippen LogP contribution in [0, 0.1) is 17.8 Å². The summed E-state index contributed by atoms with van der Waals surface area (Å²) < 4.78 is 0. The summed E-state index contributed by atoms with van der Waals surface area (Å²) in [4.78, 5) is 71.3. The standard InChI is InChI=1S/3C6H10O3.C5H8O2.Ti/c3*1-3-5(4(2)7)6(8)9;1-4(6)3-5(2)7;/h3*5H,3H2,1-2H3,(H,8,9);3,6H,1-2H3;/q;;;;+4/p-4/b;;;4-3-;. The summed E-state index contributed by atoms with van der Waals surface area (Å²) in [6.07, 6.45) is 2.01. The molecule has 196 valence electrons. The second-order valence-corrected chi connectivity index (χ2v) is 7.04. The fourth-order valence-corrected chi connectivity index (χ4v) is 2.15. The Morgan fingerprint density at radius 1 is 0.543 bits per heavy atom. The topological polar surface area (TPSA) is 212 Å². The van der Waals surface area contributed by atoms with Gasteiger partial charge in [-0.05, 0) is 53.0 Å². The Bertz CT molecular complexity index is 620. The van der Waals surface area contributed by atoms with Crippen LogP contribution in [0.15, 0.2) is 11.8 Å². The van der Waals surface area contributed by atoms with E-state index in [1.54, 1.807) is 20.8 Å². The van der Waals surface area contributed by atoms with Gasteiger partial charge in [-0.15, -0.1) is 5.76 Å². The van der Waals surface area contributed by atoms with Crippen molar-refractivity contribution >= 4 is 41.0 Å². The predicted octanol–water partition coefficient (Wildman–Crippen LogP) is -2.11. The molecule has 12 heteroatoms. The zero-order valence-electron chi connectivity index (χ0n) is 21.4. The normalized spacial score (nSPS) is 12.1. The van der Waals surface area contributed by atoms with Crippen LogP contribution in [0.3, 0.4) is 0 Å². The first-order valence-electron chi connectivity index (χ1n) is 10.4. The number of carbonyl (C=O) groups excluding carboxylic acids is 7. The summed E-state index contributed by atoms with van der Waals surface area (Å²) in [5.74, 6) is -7.94. The van der Waals surface area contributed by atoms with Crippen LogP contribution in [0.1, 0.15) is 74.7 Å². The van der Waals surface area contributed by atoms with E-state index in [0.717, 1.165) is 6.08 Å². The zero-order chi connectivity index (χ0) is 28.2. The molecule has 0 aliphatic heterocycles. The van der Waals surface area contributed by atoms with Crippen LogP contribution < -0.4 is 20.4 Å². The third kappa shape index (κ3) is 27.5. The third-order valence-electron chi connectivity index (χ3n) is 3.96. The van der Waals surface area contributed by atoms with E-state index >= 15 is 0 Å². The minimum atomic E-state index is -1.27. The van der Waals surface area contributed by atoms with Gasteiger partial charge in [-0.25, -0.2) is 0 Å². The van der Waals surface area contributed by atoms with Gasteiger partial charge in [0, 0.05) is 0 Å². The summed E-state index contributed by atoms with van der Waals surface area (Å²) in [6, 6.07) is 0. The van der Waals surface area contributed by atoms with Crippen molar-refractivity contribution in [3.63, 3.8) is 0 Å². The summed E-state index contributed by atoms with van der Waals surface area (Å²) in [7, 11) is 0. The SMILES string of the molecule is CC(=O)/C=C(/C)[O-].CCC(C(C)=O)C(=O)[O-].CCC(C(C)=O)C(=O)[O-].CCC(C(C)=O)C(=O)[O-].[Ti+4]. The van der Waals surface area contributed by atoms with Crippen molar-refractivity contribution in [2.24, 2.45) is 17.8 Å². The maximum absolute atomic E-state index is 10.4. The Labute approximate surface area is 220 Å². The molecule has 0 N–H and O–H groups in total. The minimum absolute atomic E-state index is 0. The molecule has 11 nitrogen and oxygen atoms in total. The molecule has 0 bridgehead atoms. The van der Waals surface area contributed by atoms with Gasteiger partial charge in [0.2, 0.25) is 0 Å². The summed E-state index contributed by atoms with van der Waals surface area (Å²) in [6.45, 7) is 11.4. The molecule has 0 aliphatic carbocycles. The summed E-state index contributed by atoms with van der Waals surface area (Å²) in [5.41, 5.74) is 0. The average Bonchev–Trinajstić information content (AvgIpc) is 2.61. The van der Waals surface area contributed by atoms with Gasteiger partial charge in [0.05, 0.1) is 35.7 Å². The molecule has 0 amide bonds. The van der Waals surface area contributed by atoms with Crippen molar-refractivity contribution in [1.82, 2.24) is 0 Å². The predicted molar refractivity (Wildman–Crippen MR) is 113 cm³/mol. The van der Waals surface area contributed by atoms with Crippen LogP contribution in [0.2, 0.25) is 0 Å². The smallest absolute Gasteiger partial charge is 0.876 e. The number of hydrogen-bond donors (Lipinski definition) is 0. The van der Waals surface area contributed by atoms with Crippen LogP contribution in [-0.2, 0) is 55.3 Å². The van der Waals surface area contributed by atoms with Gasteiger partial charge in [0.15, 0.2) is 5.78 Å². The molecule has 0 radical (unpaired) electrons. The van der Waals surface area contributed by atoms with E-state index in [2.05, 4.69) is 0 Å². The molecule has 0 spiro atoms. The zero-order valence-corrected chi connectivity index (χ0v) is 23.0. The number of rotatable bonds is 10. The van der Waals surface area contributed by atoms with E-state index in [9.17, 15) is 54.0 Å². The molecule has 0 rings (SSSR count). The van der Waals surface area contributed by atoms with Gasteiger partial charge in [0.1, 0.15) is 17.3 Å². The fraction of sp³-hybridized carbons (Fsp3) is 0.609. The van der Waals surface area contributed by atoms with Crippen molar-refractivity contribution in [2.45, 2.75) is 74.7 Å². The number of allylic oxidation sites excluding steroid dienone is 2. The number of carboxylic acid groups (broad SMARTS) is 3. The quantitative estimate of drug-likeness (QED) is 0.128. The van der Waals surface area contributed by atoms with Gasteiger partial charge in [-0.3, -0.25) is 19.2 Å². The number of hydrogen-bond acceptors (Lipinski definition) is 11. The molecule has 0 aromatic rings. The third-order valence-corrected chi connectivity index (χ3v) is 3.96. The molecule has 0 saturated heterocycles. The van der Waals surface area contributed by atoms with E-state index in [4.69, 9.17) is 0 Å². The number of carbonyl (C=O) groups is 7. The molecular formula is C23H34O11Ti. The Kier molecular flexibility index (Phi) is 29.7. The first-order chi connectivity index (χ1) is 15.4. The van der Waals surface area contributed by atoms with Crippen LogP contribution in [-0.4, -0.2) is 41.0 Å².